The molecule has 0 amide bonds. The van der Waals surface area contributed by atoms with Crippen LogP contribution in [-0.4, -0.2) is 19.1 Å². The molecule has 0 aromatic carbocycles. The molecule has 1 aliphatic rings. The fraction of sp³-hybridized carbons (Fsp3) is 1.00. The summed E-state index contributed by atoms with van der Waals surface area (Å²) >= 11 is 0. The second-order valence-electron chi connectivity index (χ2n) is 4.88. The number of hydrogen-bond donors (Lipinski definition) is 2. The van der Waals surface area contributed by atoms with E-state index in [0.717, 1.165) is 13.0 Å². The van der Waals surface area contributed by atoms with Crippen molar-refractivity contribution in [1.29, 1.82) is 0 Å². The van der Waals surface area contributed by atoms with Crippen LogP contribution in [0.15, 0.2) is 0 Å². The van der Waals surface area contributed by atoms with E-state index >= 15 is 0 Å². The Bertz CT molecular complexity index is 139. The molecule has 3 N–H and O–H groups in total. The van der Waals surface area contributed by atoms with Gasteiger partial charge < -0.3 is 11.1 Å². The molecule has 13 heavy (non-hydrogen) atoms. The highest BCUT2D eigenvalue weighted by molar-refractivity contribution is 4.83. The minimum Gasteiger partial charge on any atom is -0.330 e. The van der Waals surface area contributed by atoms with Gasteiger partial charge in [0.25, 0.3) is 0 Å². The van der Waals surface area contributed by atoms with Gasteiger partial charge in [0.15, 0.2) is 0 Å². The number of rotatable bonds is 5. The van der Waals surface area contributed by atoms with Gasteiger partial charge in [-0.05, 0) is 38.1 Å². The topological polar surface area (TPSA) is 38.0 Å². The summed E-state index contributed by atoms with van der Waals surface area (Å²) in [6, 6.07) is 0.586. The molecule has 1 saturated carbocycles. The van der Waals surface area contributed by atoms with E-state index in [1.54, 1.807) is 0 Å². The van der Waals surface area contributed by atoms with Crippen molar-refractivity contribution in [3.05, 3.63) is 0 Å². The molecule has 0 spiro atoms. The van der Waals surface area contributed by atoms with E-state index in [1.165, 1.54) is 32.2 Å². The van der Waals surface area contributed by atoms with Gasteiger partial charge in [0.05, 0.1) is 0 Å². The SMILES string of the molecule is CC(CCN)NCC1(C)CCCC1. The average molecular weight is 184 g/mol. The quantitative estimate of drug-likeness (QED) is 0.685. The van der Waals surface area contributed by atoms with Crippen LogP contribution in [-0.2, 0) is 0 Å². The van der Waals surface area contributed by atoms with E-state index < -0.39 is 0 Å². The molecule has 0 bridgehead atoms. The second-order valence-corrected chi connectivity index (χ2v) is 4.88. The Morgan fingerprint density at radius 3 is 2.54 bits per heavy atom. The second kappa shape index (κ2) is 4.97. The summed E-state index contributed by atoms with van der Waals surface area (Å²) in [7, 11) is 0. The standard InChI is InChI=1S/C11H24N2/c1-10(5-8-12)13-9-11(2)6-3-4-7-11/h10,13H,3-9,12H2,1-2H3. The maximum absolute atomic E-state index is 5.51. The van der Waals surface area contributed by atoms with Crippen molar-refractivity contribution in [2.45, 2.75) is 52.0 Å². The Morgan fingerprint density at radius 2 is 2.00 bits per heavy atom. The first-order chi connectivity index (χ1) is 6.16. The van der Waals surface area contributed by atoms with E-state index in [9.17, 15) is 0 Å². The highest BCUT2D eigenvalue weighted by Gasteiger charge is 2.28. The largest absolute Gasteiger partial charge is 0.330 e. The number of hydrogen-bond acceptors (Lipinski definition) is 2. The molecule has 2 heteroatoms. The molecule has 1 rings (SSSR count). The van der Waals surface area contributed by atoms with Gasteiger partial charge in [-0.2, -0.15) is 0 Å². The fourth-order valence-electron chi connectivity index (χ4n) is 2.18. The highest BCUT2D eigenvalue weighted by Crippen LogP contribution is 2.36. The molecule has 0 aromatic rings. The maximum atomic E-state index is 5.51. The third kappa shape index (κ3) is 3.65. The van der Waals surface area contributed by atoms with E-state index in [4.69, 9.17) is 5.73 Å². The Hall–Kier alpha value is -0.0800. The minimum atomic E-state index is 0.572. The lowest BCUT2D eigenvalue weighted by Crippen LogP contribution is -2.36. The molecule has 0 heterocycles. The smallest absolute Gasteiger partial charge is 0.00509 e. The van der Waals surface area contributed by atoms with E-state index in [-0.39, 0.29) is 0 Å². The molecule has 0 aliphatic heterocycles. The molecule has 1 fully saturated rings. The number of nitrogens with one attached hydrogen (secondary N) is 1. The van der Waals surface area contributed by atoms with Gasteiger partial charge in [-0.25, -0.2) is 0 Å². The van der Waals surface area contributed by atoms with Crippen molar-refractivity contribution in [1.82, 2.24) is 5.32 Å². The van der Waals surface area contributed by atoms with Crippen LogP contribution in [0, 0.1) is 5.41 Å². The fourth-order valence-corrected chi connectivity index (χ4v) is 2.18. The molecule has 0 saturated heterocycles. The van der Waals surface area contributed by atoms with Gasteiger partial charge in [-0.15, -0.1) is 0 Å². The lowest BCUT2D eigenvalue weighted by molar-refractivity contribution is 0.298. The van der Waals surface area contributed by atoms with Crippen LogP contribution >= 0.6 is 0 Å². The van der Waals surface area contributed by atoms with Crippen molar-refractivity contribution < 1.29 is 0 Å². The molecule has 1 atom stereocenters. The Labute approximate surface area is 82.3 Å². The van der Waals surface area contributed by atoms with Crippen molar-refractivity contribution in [3.63, 3.8) is 0 Å². The van der Waals surface area contributed by atoms with Crippen molar-refractivity contribution in [2.24, 2.45) is 11.1 Å². The summed E-state index contributed by atoms with van der Waals surface area (Å²) in [6.07, 6.45) is 6.73. The number of nitrogens with two attached hydrogens (primary N) is 1. The first-order valence-corrected chi connectivity index (χ1v) is 5.60. The van der Waals surface area contributed by atoms with Gasteiger partial charge in [0.1, 0.15) is 0 Å². The molecule has 2 nitrogen and oxygen atoms in total. The predicted octanol–water partition coefficient (Wildman–Crippen LogP) is 1.89. The highest BCUT2D eigenvalue weighted by atomic mass is 14.9. The maximum Gasteiger partial charge on any atom is 0.00509 e. The van der Waals surface area contributed by atoms with Crippen LogP contribution in [0.5, 0.6) is 0 Å². The Morgan fingerprint density at radius 1 is 1.38 bits per heavy atom. The van der Waals surface area contributed by atoms with Gasteiger partial charge >= 0.3 is 0 Å². The average Bonchev–Trinajstić information content (AvgIpc) is 2.51. The molecular formula is C11H24N2. The first kappa shape index (κ1) is 11.0. The van der Waals surface area contributed by atoms with Crippen molar-refractivity contribution >= 4 is 0 Å². The monoisotopic (exact) mass is 184 g/mol. The molecule has 1 unspecified atom stereocenters. The molecule has 1 aliphatic carbocycles. The van der Waals surface area contributed by atoms with Crippen molar-refractivity contribution in [2.75, 3.05) is 13.1 Å². The summed E-state index contributed by atoms with van der Waals surface area (Å²) in [6.45, 7) is 6.60. The van der Waals surface area contributed by atoms with Crippen LogP contribution < -0.4 is 11.1 Å². The third-order valence-corrected chi connectivity index (χ3v) is 3.29. The van der Waals surface area contributed by atoms with E-state index in [1.807, 2.05) is 0 Å². The first-order valence-electron chi connectivity index (χ1n) is 5.60. The normalized spacial score (nSPS) is 23.3. The zero-order valence-corrected chi connectivity index (χ0v) is 9.10. The zero-order valence-electron chi connectivity index (χ0n) is 9.10. The minimum absolute atomic E-state index is 0.572. The Balaban J connectivity index is 2.17. The van der Waals surface area contributed by atoms with Crippen LogP contribution in [0.25, 0.3) is 0 Å². The summed E-state index contributed by atoms with van der Waals surface area (Å²) in [5.74, 6) is 0. The zero-order chi connectivity index (χ0) is 9.73. The summed E-state index contributed by atoms with van der Waals surface area (Å²) in [5.41, 5.74) is 6.08. The molecule has 0 radical (unpaired) electrons. The van der Waals surface area contributed by atoms with Crippen molar-refractivity contribution in [3.8, 4) is 0 Å². The molecule has 78 valence electrons. The van der Waals surface area contributed by atoms with Gasteiger partial charge in [-0.1, -0.05) is 19.8 Å². The van der Waals surface area contributed by atoms with Gasteiger partial charge in [0.2, 0.25) is 0 Å². The summed E-state index contributed by atoms with van der Waals surface area (Å²) in [5, 5.41) is 3.59. The molecule has 0 aromatic heterocycles. The lowest BCUT2D eigenvalue weighted by Gasteiger charge is -2.26. The van der Waals surface area contributed by atoms with Gasteiger partial charge in [0, 0.05) is 12.6 Å². The van der Waals surface area contributed by atoms with Crippen LogP contribution in [0.1, 0.15) is 46.0 Å². The summed E-state index contributed by atoms with van der Waals surface area (Å²) in [4.78, 5) is 0. The summed E-state index contributed by atoms with van der Waals surface area (Å²) < 4.78 is 0. The van der Waals surface area contributed by atoms with Crippen LogP contribution in [0.4, 0.5) is 0 Å². The predicted molar refractivity (Wildman–Crippen MR) is 57.7 cm³/mol. The van der Waals surface area contributed by atoms with E-state index in [2.05, 4.69) is 19.2 Å². The lowest BCUT2D eigenvalue weighted by atomic mass is 9.88. The van der Waals surface area contributed by atoms with Crippen LogP contribution in [0.2, 0.25) is 0 Å². The van der Waals surface area contributed by atoms with Gasteiger partial charge in [-0.3, -0.25) is 0 Å². The van der Waals surface area contributed by atoms with Crippen LogP contribution in [0.3, 0.4) is 0 Å². The van der Waals surface area contributed by atoms with E-state index in [0.29, 0.717) is 11.5 Å². The Kier molecular flexibility index (Phi) is 4.20. The third-order valence-electron chi connectivity index (χ3n) is 3.29. The molecular weight excluding hydrogens is 160 g/mol.